The van der Waals surface area contributed by atoms with Gasteiger partial charge in [0.15, 0.2) is 0 Å². The first kappa shape index (κ1) is 29.9. The molecule has 4 atom stereocenters. The van der Waals surface area contributed by atoms with Crippen molar-refractivity contribution in [3.05, 3.63) is 33.3 Å². The van der Waals surface area contributed by atoms with Crippen molar-refractivity contribution in [2.45, 2.75) is 109 Å². The Hall–Kier alpha value is -1.15. The number of hydrogen-bond acceptors (Lipinski definition) is 6. The number of aliphatic hydroxyl groups excluding tert-OH is 2. The molecule has 0 saturated heterocycles. The highest BCUT2D eigenvalue weighted by atomic mass is 32.2. The van der Waals surface area contributed by atoms with E-state index in [9.17, 15) is 15.0 Å². The van der Waals surface area contributed by atoms with Gasteiger partial charge in [0.05, 0.1) is 29.3 Å². The summed E-state index contributed by atoms with van der Waals surface area (Å²) in [7, 11) is 0. The molecule has 5 nitrogen and oxygen atoms in total. The second-order valence-corrected chi connectivity index (χ2v) is 12.9. The number of thiazole rings is 1. The molecule has 0 aliphatic carbocycles. The Labute approximate surface area is 208 Å². The molecule has 0 aromatic carbocycles. The molecule has 33 heavy (non-hydrogen) atoms. The maximum atomic E-state index is 10.9. The highest BCUT2D eigenvalue weighted by Crippen LogP contribution is 2.36. The zero-order valence-electron chi connectivity index (χ0n) is 21.3. The maximum absolute atomic E-state index is 10.9. The highest BCUT2D eigenvalue weighted by Gasteiger charge is 2.34. The van der Waals surface area contributed by atoms with Crippen LogP contribution in [0.25, 0.3) is 6.08 Å². The van der Waals surface area contributed by atoms with Crippen molar-refractivity contribution in [3.63, 3.8) is 0 Å². The van der Waals surface area contributed by atoms with E-state index in [1.807, 2.05) is 27.7 Å². The Morgan fingerprint density at radius 1 is 1.21 bits per heavy atom. The number of aliphatic carboxylic acids is 1. The smallest absolute Gasteiger partial charge is 0.306 e. The summed E-state index contributed by atoms with van der Waals surface area (Å²) in [5.74, 6) is -0.874. The van der Waals surface area contributed by atoms with E-state index in [1.165, 1.54) is 22.9 Å². The molecule has 0 aliphatic heterocycles. The maximum Gasteiger partial charge on any atom is 0.306 e. The Balaban J connectivity index is 2.39. The molecule has 0 saturated carbocycles. The van der Waals surface area contributed by atoms with Crippen LogP contribution in [0.1, 0.15) is 90.8 Å². The second-order valence-electron chi connectivity index (χ2n) is 9.77. The van der Waals surface area contributed by atoms with Crippen LogP contribution in [0.15, 0.2) is 22.6 Å². The SMILES string of the molecule is C/C(=C/CC/C(C)=C/c1csc(C)n1)CCC[C@H](C)[C@H](O)[C@@H](C)SC(C)(C)[C@H](O)CC(=O)O. The zero-order chi connectivity index (χ0) is 25.2. The molecule has 0 aliphatic rings. The number of aryl methyl sites for hydroxylation is 1. The number of thioether (sulfide) groups is 1. The van der Waals surface area contributed by atoms with Gasteiger partial charge < -0.3 is 15.3 Å². The Morgan fingerprint density at radius 3 is 2.45 bits per heavy atom. The topological polar surface area (TPSA) is 90.7 Å². The van der Waals surface area contributed by atoms with Gasteiger partial charge in [-0.25, -0.2) is 4.98 Å². The molecule has 0 radical (unpaired) electrons. The van der Waals surface area contributed by atoms with Crippen molar-refractivity contribution < 1.29 is 20.1 Å². The number of hydrogen-bond donors (Lipinski definition) is 3. The summed E-state index contributed by atoms with van der Waals surface area (Å²) in [6.45, 7) is 14.0. The van der Waals surface area contributed by atoms with Crippen molar-refractivity contribution in [2.75, 3.05) is 0 Å². The van der Waals surface area contributed by atoms with E-state index in [1.54, 1.807) is 11.3 Å². The van der Waals surface area contributed by atoms with Gasteiger partial charge in [0.2, 0.25) is 0 Å². The van der Waals surface area contributed by atoms with Crippen LogP contribution in [0.5, 0.6) is 0 Å². The van der Waals surface area contributed by atoms with Crippen molar-refractivity contribution in [1.29, 1.82) is 0 Å². The van der Waals surface area contributed by atoms with Gasteiger partial charge in [0.1, 0.15) is 0 Å². The average Bonchev–Trinajstić information content (AvgIpc) is 3.10. The van der Waals surface area contributed by atoms with Gasteiger partial charge in [-0.1, -0.05) is 31.1 Å². The third kappa shape index (κ3) is 11.7. The number of aromatic nitrogens is 1. The number of aliphatic hydroxyl groups is 2. The lowest BCUT2D eigenvalue weighted by Gasteiger charge is -2.35. The first-order valence-electron chi connectivity index (χ1n) is 11.8. The van der Waals surface area contributed by atoms with Crippen molar-refractivity contribution in [2.24, 2.45) is 5.92 Å². The second kappa shape index (κ2) is 14.3. The molecule has 1 aromatic heterocycles. The molecule has 0 unspecified atom stereocenters. The normalized spacial score (nSPS) is 17.0. The summed E-state index contributed by atoms with van der Waals surface area (Å²) < 4.78 is -0.636. The van der Waals surface area contributed by atoms with Gasteiger partial charge in [0.25, 0.3) is 0 Å². The molecule has 0 bridgehead atoms. The van der Waals surface area contributed by atoms with E-state index in [0.29, 0.717) is 0 Å². The number of rotatable bonds is 15. The number of carboxylic acid groups (broad SMARTS) is 1. The summed E-state index contributed by atoms with van der Waals surface area (Å²) in [4.78, 5) is 15.4. The van der Waals surface area contributed by atoms with E-state index >= 15 is 0 Å². The summed E-state index contributed by atoms with van der Waals surface area (Å²) in [5.41, 5.74) is 3.77. The predicted molar refractivity (Wildman–Crippen MR) is 142 cm³/mol. The molecule has 3 N–H and O–H groups in total. The molecule has 0 amide bonds. The minimum Gasteiger partial charge on any atom is -0.481 e. The lowest BCUT2D eigenvalue weighted by molar-refractivity contribution is -0.139. The molecule has 0 spiro atoms. The zero-order valence-corrected chi connectivity index (χ0v) is 22.9. The molecular formula is C26H43NO4S2. The van der Waals surface area contributed by atoms with Crippen LogP contribution in [0, 0.1) is 12.8 Å². The van der Waals surface area contributed by atoms with Gasteiger partial charge in [0, 0.05) is 15.4 Å². The predicted octanol–water partition coefficient (Wildman–Crippen LogP) is 6.48. The number of carbonyl (C=O) groups is 1. The van der Waals surface area contributed by atoms with Gasteiger partial charge >= 0.3 is 5.97 Å². The lowest BCUT2D eigenvalue weighted by atomic mass is 9.94. The molecule has 1 aromatic rings. The third-order valence-electron chi connectivity index (χ3n) is 6.02. The average molecular weight is 498 g/mol. The van der Waals surface area contributed by atoms with Crippen LogP contribution in [-0.4, -0.2) is 48.5 Å². The molecule has 188 valence electrons. The monoisotopic (exact) mass is 497 g/mol. The van der Waals surface area contributed by atoms with E-state index in [4.69, 9.17) is 5.11 Å². The number of nitrogens with zero attached hydrogens (tertiary/aromatic N) is 1. The van der Waals surface area contributed by atoms with E-state index < -0.39 is 22.9 Å². The fraction of sp³-hybridized carbons (Fsp3) is 0.692. The molecule has 1 rings (SSSR count). The minimum absolute atomic E-state index is 0.0913. The van der Waals surface area contributed by atoms with Crippen LogP contribution in [-0.2, 0) is 4.79 Å². The first-order valence-corrected chi connectivity index (χ1v) is 13.6. The van der Waals surface area contributed by atoms with Gasteiger partial charge in [-0.3, -0.25) is 4.79 Å². The van der Waals surface area contributed by atoms with E-state index in [0.717, 1.165) is 42.8 Å². The fourth-order valence-electron chi connectivity index (χ4n) is 3.79. The molecule has 7 heteroatoms. The van der Waals surface area contributed by atoms with Crippen molar-refractivity contribution in [1.82, 2.24) is 4.98 Å². The summed E-state index contributed by atoms with van der Waals surface area (Å²) in [6.07, 6.45) is 7.76. The van der Waals surface area contributed by atoms with E-state index in [-0.39, 0.29) is 17.6 Å². The van der Waals surface area contributed by atoms with Gasteiger partial charge in [-0.15, -0.1) is 23.1 Å². The molecule has 1 heterocycles. The van der Waals surface area contributed by atoms with Crippen LogP contribution in [0.3, 0.4) is 0 Å². The van der Waals surface area contributed by atoms with Gasteiger partial charge in [-0.2, -0.15) is 0 Å². The van der Waals surface area contributed by atoms with Crippen molar-refractivity contribution in [3.8, 4) is 0 Å². The van der Waals surface area contributed by atoms with Crippen LogP contribution < -0.4 is 0 Å². The first-order chi connectivity index (χ1) is 15.3. The van der Waals surface area contributed by atoms with E-state index in [2.05, 4.69) is 43.3 Å². The summed E-state index contributed by atoms with van der Waals surface area (Å²) >= 11 is 3.14. The van der Waals surface area contributed by atoms with Crippen molar-refractivity contribution >= 4 is 35.1 Å². The van der Waals surface area contributed by atoms with Crippen LogP contribution in [0.2, 0.25) is 0 Å². The number of carboxylic acids is 1. The highest BCUT2D eigenvalue weighted by molar-refractivity contribution is 8.01. The fourth-order valence-corrected chi connectivity index (χ4v) is 5.97. The standard InChI is InChI=1S/C26H43NO4S2/c1-17(10-8-12-18(2)14-22-16-32-21(5)27-22)11-9-13-19(3)25(31)20(4)33-26(6,7)23(28)15-24(29)30/h10,14,16,19-20,23,25,28,31H,8-9,11-13,15H2,1-7H3,(H,29,30)/b17-10-,18-14+/t19-,20+,23+,25-/m0/s1. The molecular weight excluding hydrogens is 454 g/mol. The largest absolute Gasteiger partial charge is 0.481 e. The Kier molecular flexibility index (Phi) is 12.9. The van der Waals surface area contributed by atoms with Crippen LogP contribution >= 0.6 is 23.1 Å². The molecule has 0 fully saturated rings. The minimum atomic E-state index is -1.01. The summed E-state index contributed by atoms with van der Waals surface area (Å²) in [5, 5.41) is 33.0. The summed E-state index contributed by atoms with van der Waals surface area (Å²) in [6, 6.07) is 0. The third-order valence-corrected chi connectivity index (χ3v) is 8.34. The van der Waals surface area contributed by atoms with Crippen LogP contribution in [0.4, 0.5) is 0 Å². The Bertz CT molecular complexity index is 800. The van der Waals surface area contributed by atoms with Gasteiger partial charge in [-0.05, 0) is 78.7 Å². The lowest BCUT2D eigenvalue weighted by Crippen LogP contribution is -2.39. The quantitative estimate of drug-likeness (QED) is 0.240. The Morgan fingerprint density at radius 2 is 1.88 bits per heavy atom. The number of allylic oxidation sites excluding steroid dienone is 3.